The highest BCUT2D eigenvalue weighted by atomic mass is 32.3. The lowest BCUT2D eigenvalue weighted by Crippen LogP contribution is -1.99. The number of hydrogen-bond acceptors (Lipinski definition) is 5. The summed E-state index contributed by atoms with van der Waals surface area (Å²) in [6.45, 7) is 7.09. The molecule has 0 saturated carbocycles. The van der Waals surface area contributed by atoms with E-state index in [2.05, 4.69) is 20.8 Å². The van der Waals surface area contributed by atoms with Crippen molar-refractivity contribution in [1.29, 1.82) is 0 Å². The second-order valence-corrected chi connectivity index (χ2v) is 6.02. The predicted octanol–water partition coefficient (Wildman–Crippen LogP) is 2.66. The summed E-state index contributed by atoms with van der Waals surface area (Å²) in [5.41, 5.74) is 0. The molecule has 0 radical (unpaired) electrons. The summed E-state index contributed by atoms with van der Waals surface area (Å²) in [7, 11) is -5.17. The summed E-state index contributed by atoms with van der Waals surface area (Å²) >= 11 is 0. The van der Waals surface area contributed by atoms with Gasteiger partial charge in [-0.3, -0.25) is 8.42 Å². The van der Waals surface area contributed by atoms with Gasteiger partial charge in [0.1, 0.15) is 0 Å². The van der Waals surface area contributed by atoms with Crippen molar-refractivity contribution in [3.05, 3.63) is 0 Å². The molecule has 2 atom stereocenters. The first-order valence-electron chi connectivity index (χ1n) is 6.98. The molecule has 0 aromatic rings. The van der Waals surface area contributed by atoms with E-state index in [4.69, 9.17) is 22.6 Å². The van der Waals surface area contributed by atoms with Gasteiger partial charge in [0.05, 0.1) is 0 Å². The molecule has 0 aliphatic heterocycles. The third-order valence-corrected chi connectivity index (χ3v) is 3.15. The lowest BCUT2D eigenvalue weighted by Gasteiger charge is -2.09. The smallest absolute Gasteiger partial charge is 0.0456 e. The van der Waals surface area contributed by atoms with Crippen LogP contribution in [0.4, 0.5) is 0 Å². The molecule has 0 spiro atoms. The molecule has 1 N–H and O–H groups in total. The molecule has 0 heterocycles. The molecule has 118 valence electrons. The van der Waals surface area contributed by atoms with Crippen molar-refractivity contribution in [2.45, 2.75) is 65.7 Å². The van der Waals surface area contributed by atoms with Gasteiger partial charge in [-0.15, -0.1) is 0 Å². The number of hydrogen-bond donors (Lipinski definition) is 1. The van der Waals surface area contributed by atoms with E-state index >= 15 is 0 Å². The standard InChI is InChI=1S/C13H28O.H2O4S/c1-4-12(2)9-7-5-6-8-10-13(3)11-14;1-5(2,3)4/h12-14H,4-11H2,1-3H3;(H2,1,2,3,4)/p-2. The molecule has 0 rings (SSSR count). The van der Waals surface area contributed by atoms with Gasteiger partial charge >= 0.3 is 0 Å². The first-order valence-corrected chi connectivity index (χ1v) is 8.31. The fourth-order valence-corrected chi connectivity index (χ4v) is 1.63. The fraction of sp³-hybridized carbons (Fsp3) is 1.00. The average molecular weight is 296 g/mol. The molecule has 0 aliphatic rings. The third-order valence-electron chi connectivity index (χ3n) is 3.15. The topological polar surface area (TPSA) is 100 Å². The van der Waals surface area contributed by atoms with E-state index in [0.29, 0.717) is 12.5 Å². The van der Waals surface area contributed by atoms with Crippen LogP contribution < -0.4 is 0 Å². The van der Waals surface area contributed by atoms with Crippen LogP contribution in [0.5, 0.6) is 0 Å². The van der Waals surface area contributed by atoms with Gasteiger partial charge in [0.2, 0.25) is 0 Å². The lowest BCUT2D eigenvalue weighted by atomic mass is 9.98. The van der Waals surface area contributed by atoms with Gasteiger partial charge in [-0.25, -0.2) is 0 Å². The Kier molecular flexibility index (Phi) is 14.3. The quantitative estimate of drug-likeness (QED) is 0.400. The van der Waals surface area contributed by atoms with Gasteiger partial charge in [-0.2, -0.15) is 0 Å². The zero-order chi connectivity index (χ0) is 15.3. The van der Waals surface area contributed by atoms with E-state index in [1.807, 2.05) is 0 Å². The molecule has 0 aromatic heterocycles. The summed E-state index contributed by atoms with van der Waals surface area (Å²) in [6, 6.07) is 0. The summed E-state index contributed by atoms with van der Waals surface area (Å²) < 4.78 is 34.1. The molecule has 0 fully saturated rings. The molecule has 5 nitrogen and oxygen atoms in total. The molecule has 19 heavy (non-hydrogen) atoms. The van der Waals surface area contributed by atoms with Gasteiger partial charge in [-0.1, -0.05) is 59.3 Å². The Morgan fingerprint density at radius 1 is 0.947 bits per heavy atom. The molecule has 0 bridgehead atoms. The van der Waals surface area contributed by atoms with Crippen LogP contribution >= 0.6 is 0 Å². The van der Waals surface area contributed by atoms with Crippen LogP contribution in [-0.4, -0.2) is 29.2 Å². The van der Waals surface area contributed by atoms with Crippen molar-refractivity contribution in [1.82, 2.24) is 0 Å². The molecule has 0 aromatic carbocycles. The van der Waals surface area contributed by atoms with Crippen molar-refractivity contribution in [2.75, 3.05) is 6.61 Å². The molecular weight excluding hydrogens is 268 g/mol. The Labute approximate surface area is 118 Å². The molecule has 0 saturated heterocycles. The fourth-order valence-electron chi connectivity index (χ4n) is 1.63. The number of aliphatic hydroxyl groups excluding tert-OH is 1. The normalized spacial score (nSPS) is 14.4. The Balaban J connectivity index is 0. The maximum absolute atomic E-state index is 8.84. The van der Waals surface area contributed by atoms with Crippen LogP contribution in [0.25, 0.3) is 0 Å². The third kappa shape index (κ3) is 27.1. The Morgan fingerprint density at radius 3 is 1.63 bits per heavy atom. The van der Waals surface area contributed by atoms with Crippen LogP contribution in [0, 0.1) is 11.8 Å². The molecule has 0 amide bonds. The maximum atomic E-state index is 8.84. The van der Waals surface area contributed by atoms with Gasteiger partial charge in [0, 0.05) is 17.0 Å². The molecule has 0 aliphatic carbocycles. The van der Waals surface area contributed by atoms with E-state index in [9.17, 15) is 0 Å². The van der Waals surface area contributed by atoms with Gasteiger partial charge in [-0.05, 0) is 18.3 Å². The van der Waals surface area contributed by atoms with E-state index in [0.717, 1.165) is 5.92 Å². The maximum Gasteiger partial charge on any atom is 0.0456 e. The van der Waals surface area contributed by atoms with Crippen LogP contribution in [0.1, 0.15) is 65.7 Å². The van der Waals surface area contributed by atoms with Crippen LogP contribution in [0.3, 0.4) is 0 Å². The Bertz CT molecular complexity index is 255. The number of unbranched alkanes of at least 4 members (excludes halogenated alkanes) is 3. The molecule has 6 heteroatoms. The first-order chi connectivity index (χ1) is 8.70. The van der Waals surface area contributed by atoms with E-state index in [1.165, 1.54) is 44.9 Å². The minimum absolute atomic E-state index is 0.354. The predicted molar refractivity (Wildman–Crippen MR) is 73.9 cm³/mol. The molecular formula is C13H28O5S-2. The zero-order valence-corrected chi connectivity index (χ0v) is 13.1. The van der Waals surface area contributed by atoms with E-state index in [-0.39, 0.29) is 0 Å². The van der Waals surface area contributed by atoms with Gasteiger partial charge in [0.25, 0.3) is 0 Å². The number of rotatable bonds is 9. The SMILES string of the molecule is CCC(C)CCCCCCC(C)CO.O=S(=O)([O-])[O-]. The largest absolute Gasteiger partial charge is 0.759 e. The Hall–Kier alpha value is -0.170. The van der Waals surface area contributed by atoms with Crippen LogP contribution in [0.2, 0.25) is 0 Å². The van der Waals surface area contributed by atoms with Crippen LogP contribution in [-0.2, 0) is 10.4 Å². The summed E-state index contributed by atoms with van der Waals surface area (Å²) in [6.07, 6.45) is 9.32. The van der Waals surface area contributed by atoms with Crippen molar-refractivity contribution in [3.63, 3.8) is 0 Å². The lowest BCUT2D eigenvalue weighted by molar-refractivity contribution is 0.227. The van der Waals surface area contributed by atoms with Crippen LogP contribution in [0.15, 0.2) is 0 Å². The average Bonchev–Trinajstić information content (AvgIpc) is 2.30. The van der Waals surface area contributed by atoms with E-state index < -0.39 is 10.4 Å². The van der Waals surface area contributed by atoms with Gasteiger partial charge in [0.15, 0.2) is 0 Å². The summed E-state index contributed by atoms with van der Waals surface area (Å²) in [4.78, 5) is 0. The van der Waals surface area contributed by atoms with Crippen molar-refractivity contribution >= 4 is 10.4 Å². The minimum Gasteiger partial charge on any atom is -0.759 e. The Morgan fingerprint density at radius 2 is 1.32 bits per heavy atom. The highest BCUT2D eigenvalue weighted by Gasteiger charge is 2.00. The van der Waals surface area contributed by atoms with Gasteiger partial charge < -0.3 is 14.2 Å². The monoisotopic (exact) mass is 296 g/mol. The number of aliphatic hydroxyl groups is 1. The summed E-state index contributed by atoms with van der Waals surface area (Å²) in [5, 5.41) is 8.84. The first kappa shape index (κ1) is 21.1. The second-order valence-electron chi connectivity index (χ2n) is 5.20. The zero-order valence-electron chi connectivity index (χ0n) is 12.3. The molecule has 2 unspecified atom stereocenters. The van der Waals surface area contributed by atoms with E-state index in [1.54, 1.807) is 0 Å². The van der Waals surface area contributed by atoms with Crippen molar-refractivity contribution in [3.8, 4) is 0 Å². The van der Waals surface area contributed by atoms with Crippen molar-refractivity contribution in [2.24, 2.45) is 11.8 Å². The van der Waals surface area contributed by atoms with Crippen molar-refractivity contribution < 1.29 is 22.6 Å². The second kappa shape index (κ2) is 12.8. The minimum atomic E-state index is -5.17. The highest BCUT2D eigenvalue weighted by Crippen LogP contribution is 2.15. The highest BCUT2D eigenvalue weighted by molar-refractivity contribution is 7.79. The summed E-state index contributed by atoms with van der Waals surface area (Å²) in [5.74, 6) is 1.41.